The highest BCUT2D eigenvalue weighted by Gasteiger charge is 2.47. The Hall–Kier alpha value is -1.34. The van der Waals surface area contributed by atoms with Crippen LogP contribution < -0.4 is 0 Å². The first-order valence-electron chi connectivity index (χ1n) is 10.4. The molecule has 0 bridgehead atoms. The van der Waals surface area contributed by atoms with Crippen molar-refractivity contribution in [2.75, 3.05) is 0 Å². The van der Waals surface area contributed by atoms with Gasteiger partial charge in [-0.1, -0.05) is 48.0 Å². The Morgan fingerprint density at radius 2 is 1.42 bits per heavy atom. The van der Waals surface area contributed by atoms with Crippen LogP contribution in [0.15, 0.2) is 40.0 Å². The second-order valence-electron chi connectivity index (χ2n) is 9.61. The monoisotopic (exact) mass is 362 g/mol. The summed E-state index contributed by atoms with van der Waals surface area (Å²) in [6.45, 7) is 17.2. The average Bonchev–Trinajstić information content (AvgIpc) is 3.05. The van der Waals surface area contributed by atoms with E-state index in [9.17, 15) is 0 Å². The average molecular weight is 363 g/mol. The molecule has 3 aliphatic carbocycles. The van der Waals surface area contributed by atoms with E-state index in [-0.39, 0.29) is 0 Å². The lowest BCUT2D eigenvalue weighted by molar-refractivity contribution is 0.683. The third-order valence-corrected chi connectivity index (χ3v) is 12.5. The molecule has 0 spiro atoms. The second kappa shape index (κ2) is 6.09. The standard InChI is InChI=1S/C25H34Si/c1-15-14-23-21-11-9-8-10-20(21)12-13-22(23)24(15)26(6,7)25-18(4)16(2)17(3)19(25)5/h12-14,24-25H,8-11H2,1-7H3. The fourth-order valence-corrected chi connectivity index (χ4v) is 11.8. The number of fused-ring (bicyclic) bond motifs is 3. The number of hydrogen-bond acceptors (Lipinski definition) is 0. The fraction of sp³-hybridized carbons (Fsp3) is 0.520. The first kappa shape index (κ1) is 18.0. The predicted molar refractivity (Wildman–Crippen MR) is 117 cm³/mol. The van der Waals surface area contributed by atoms with E-state index in [0.29, 0.717) is 11.1 Å². The minimum atomic E-state index is -1.59. The Morgan fingerprint density at radius 3 is 2.08 bits per heavy atom. The van der Waals surface area contributed by atoms with Gasteiger partial charge in [-0.05, 0) is 99.2 Å². The van der Waals surface area contributed by atoms with Crippen LogP contribution in [0.5, 0.6) is 0 Å². The van der Waals surface area contributed by atoms with E-state index in [0.717, 1.165) is 0 Å². The van der Waals surface area contributed by atoms with E-state index < -0.39 is 8.07 Å². The van der Waals surface area contributed by atoms with Gasteiger partial charge in [0.1, 0.15) is 0 Å². The number of aryl methyl sites for hydroxylation is 1. The normalized spacial score (nSPS) is 23.5. The first-order valence-corrected chi connectivity index (χ1v) is 13.6. The molecular weight excluding hydrogens is 328 g/mol. The molecule has 26 heavy (non-hydrogen) atoms. The molecule has 1 unspecified atom stereocenters. The van der Waals surface area contributed by atoms with E-state index in [1.165, 1.54) is 25.7 Å². The maximum atomic E-state index is 2.65. The Bertz CT molecular complexity index is 852. The van der Waals surface area contributed by atoms with Crippen LogP contribution in [0, 0.1) is 0 Å². The molecule has 0 saturated heterocycles. The van der Waals surface area contributed by atoms with Crippen LogP contribution in [0.4, 0.5) is 0 Å². The minimum Gasteiger partial charge on any atom is -0.0679 e. The Morgan fingerprint density at radius 1 is 0.808 bits per heavy atom. The van der Waals surface area contributed by atoms with Gasteiger partial charge in [-0.25, -0.2) is 0 Å². The highest BCUT2D eigenvalue weighted by molar-refractivity contribution is 6.82. The van der Waals surface area contributed by atoms with Crippen molar-refractivity contribution in [2.45, 2.75) is 84.5 Å². The van der Waals surface area contributed by atoms with Gasteiger partial charge in [-0.2, -0.15) is 0 Å². The van der Waals surface area contributed by atoms with E-state index in [4.69, 9.17) is 0 Å². The van der Waals surface area contributed by atoms with Crippen molar-refractivity contribution in [3.05, 3.63) is 62.3 Å². The van der Waals surface area contributed by atoms with Gasteiger partial charge in [0, 0.05) is 5.54 Å². The van der Waals surface area contributed by atoms with Crippen LogP contribution >= 0.6 is 0 Å². The second-order valence-corrected chi connectivity index (χ2v) is 14.4. The highest BCUT2D eigenvalue weighted by atomic mass is 28.3. The molecular formula is C25H34Si. The Balaban J connectivity index is 1.82. The van der Waals surface area contributed by atoms with Crippen LogP contribution in [0.1, 0.15) is 75.3 Å². The van der Waals surface area contributed by atoms with Gasteiger partial charge >= 0.3 is 0 Å². The van der Waals surface area contributed by atoms with Crippen molar-refractivity contribution in [2.24, 2.45) is 0 Å². The molecule has 0 N–H and O–H groups in total. The highest BCUT2D eigenvalue weighted by Crippen LogP contribution is 2.55. The molecule has 0 radical (unpaired) electrons. The molecule has 0 saturated carbocycles. The summed E-state index contributed by atoms with van der Waals surface area (Å²) < 4.78 is 0. The molecule has 1 aromatic carbocycles. The first-order chi connectivity index (χ1) is 12.2. The summed E-state index contributed by atoms with van der Waals surface area (Å²) in [6, 6.07) is 4.96. The van der Waals surface area contributed by atoms with Gasteiger partial charge in [-0.3, -0.25) is 0 Å². The zero-order valence-electron chi connectivity index (χ0n) is 17.7. The van der Waals surface area contributed by atoms with Gasteiger partial charge in [-0.15, -0.1) is 0 Å². The minimum absolute atomic E-state index is 0.665. The van der Waals surface area contributed by atoms with Gasteiger partial charge < -0.3 is 0 Å². The molecule has 1 aromatic rings. The summed E-state index contributed by atoms with van der Waals surface area (Å²) in [5.41, 5.74) is 16.0. The molecule has 3 aliphatic rings. The molecule has 0 fully saturated rings. The lowest BCUT2D eigenvalue weighted by Crippen LogP contribution is -2.41. The maximum Gasteiger partial charge on any atom is 0.0717 e. The van der Waals surface area contributed by atoms with Gasteiger partial charge in [0.15, 0.2) is 0 Å². The van der Waals surface area contributed by atoms with Crippen LogP contribution in [-0.4, -0.2) is 8.07 Å². The summed E-state index contributed by atoms with van der Waals surface area (Å²) in [4.78, 5) is 0. The largest absolute Gasteiger partial charge is 0.0717 e. The Kier molecular flexibility index (Phi) is 4.23. The van der Waals surface area contributed by atoms with Crippen molar-refractivity contribution in [3.63, 3.8) is 0 Å². The van der Waals surface area contributed by atoms with Crippen LogP contribution in [0.2, 0.25) is 18.6 Å². The maximum absolute atomic E-state index is 2.65. The van der Waals surface area contributed by atoms with Crippen molar-refractivity contribution in [3.8, 4) is 0 Å². The lowest BCUT2D eigenvalue weighted by atomic mass is 9.87. The van der Waals surface area contributed by atoms with E-state index in [1.807, 2.05) is 0 Å². The molecule has 0 nitrogen and oxygen atoms in total. The lowest BCUT2D eigenvalue weighted by Gasteiger charge is -2.39. The zero-order valence-corrected chi connectivity index (χ0v) is 18.7. The van der Waals surface area contributed by atoms with Crippen LogP contribution in [0.25, 0.3) is 6.08 Å². The summed E-state index contributed by atoms with van der Waals surface area (Å²) in [7, 11) is -1.59. The van der Waals surface area contributed by atoms with Crippen molar-refractivity contribution in [1.29, 1.82) is 0 Å². The Labute approximate surface area is 161 Å². The zero-order chi connectivity index (χ0) is 18.8. The van der Waals surface area contributed by atoms with Crippen LogP contribution in [-0.2, 0) is 12.8 Å². The van der Waals surface area contributed by atoms with Gasteiger partial charge in [0.05, 0.1) is 8.07 Å². The summed E-state index contributed by atoms with van der Waals surface area (Å²) in [5, 5.41) is 0. The van der Waals surface area contributed by atoms with Crippen molar-refractivity contribution < 1.29 is 0 Å². The number of allylic oxidation sites excluding steroid dienone is 5. The smallest absolute Gasteiger partial charge is 0.0679 e. The fourth-order valence-electron chi connectivity index (χ4n) is 6.47. The van der Waals surface area contributed by atoms with Gasteiger partial charge in [0.2, 0.25) is 0 Å². The third-order valence-electron chi connectivity index (χ3n) is 7.85. The van der Waals surface area contributed by atoms with E-state index >= 15 is 0 Å². The summed E-state index contributed by atoms with van der Waals surface area (Å²) in [5.74, 6) is 0. The molecule has 0 amide bonds. The third kappa shape index (κ3) is 2.39. The van der Waals surface area contributed by atoms with E-state index in [2.05, 4.69) is 65.9 Å². The van der Waals surface area contributed by atoms with E-state index in [1.54, 1.807) is 50.1 Å². The van der Waals surface area contributed by atoms with Crippen molar-refractivity contribution >= 4 is 14.1 Å². The molecule has 0 aliphatic heterocycles. The summed E-state index contributed by atoms with van der Waals surface area (Å²) >= 11 is 0. The number of rotatable bonds is 2. The molecule has 1 heteroatoms. The topological polar surface area (TPSA) is 0 Å². The quantitative estimate of drug-likeness (QED) is 0.482. The molecule has 4 rings (SSSR count). The molecule has 0 aromatic heterocycles. The molecule has 138 valence electrons. The predicted octanol–water partition coefficient (Wildman–Crippen LogP) is 7.37. The van der Waals surface area contributed by atoms with Crippen molar-refractivity contribution in [1.82, 2.24) is 0 Å². The SMILES string of the molecule is CC1=Cc2c(ccc3c2CCCC3)C1[Si](C)(C)C1C(C)=C(C)C(C)=C1C. The van der Waals surface area contributed by atoms with Crippen LogP contribution in [0.3, 0.4) is 0 Å². The molecule has 0 heterocycles. The number of hydrogen-bond donors (Lipinski definition) is 0. The summed E-state index contributed by atoms with van der Waals surface area (Å²) in [6.07, 6.45) is 7.87. The molecule has 1 atom stereocenters. The van der Waals surface area contributed by atoms with Gasteiger partial charge in [0.25, 0.3) is 0 Å². The number of benzene rings is 1.